The van der Waals surface area contributed by atoms with Crippen molar-refractivity contribution in [1.29, 1.82) is 0 Å². The normalized spacial score (nSPS) is 11.4. The van der Waals surface area contributed by atoms with Crippen LogP contribution < -0.4 is 15.0 Å². The van der Waals surface area contributed by atoms with E-state index in [1.165, 1.54) is 4.68 Å². The first-order valence-electron chi connectivity index (χ1n) is 12.2. The Morgan fingerprint density at radius 2 is 1.77 bits per heavy atom. The van der Waals surface area contributed by atoms with Crippen molar-refractivity contribution in [3.8, 4) is 23.1 Å². The molecule has 0 spiro atoms. The van der Waals surface area contributed by atoms with Crippen molar-refractivity contribution in [3.05, 3.63) is 124 Å². The Bertz CT molecular complexity index is 1910. The van der Waals surface area contributed by atoms with Crippen molar-refractivity contribution in [2.75, 3.05) is 7.11 Å². The largest absolute Gasteiger partial charge is 0.496 e. The molecule has 0 aliphatic heterocycles. The summed E-state index contributed by atoms with van der Waals surface area (Å²) in [5, 5.41) is 6.41. The quantitative estimate of drug-likeness (QED) is 0.207. The van der Waals surface area contributed by atoms with Crippen LogP contribution in [0.1, 0.15) is 11.1 Å². The van der Waals surface area contributed by atoms with Crippen LogP contribution in [-0.2, 0) is 6.61 Å². The number of nitrogens with zero attached hydrogens (tertiary/aromatic N) is 3. The van der Waals surface area contributed by atoms with E-state index in [0.29, 0.717) is 45.4 Å². The van der Waals surface area contributed by atoms with Crippen LogP contribution in [0.4, 0.5) is 0 Å². The van der Waals surface area contributed by atoms with Gasteiger partial charge in [-0.3, -0.25) is 4.79 Å². The molecule has 0 radical (unpaired) electrons. The van der Waals surface area contributed by atoms with E-state index in [1.54, 1.807) is 37.6 Å². The van der Waals surface area contributed by atoms with E-state index in [9.17, 15) is 4.79 Å². The number of para-hydroxylation sites is 1. The van der Waals surface area contributed by atoms with E-state index in [-0.39, 0.29) is 11.4 Å². The van der Waals surface area contributed by atoms with Crippen LogP contribution >= 0.6 is 11.6 Å². The second kappa shape index (κ2) is 10.5. The summed E-state index contributed by atoms with van der Waals surface area (Å²) in [5.41, 5.74) is 2.48. The van der Waals surface area contributed by atoms with Gasteiger partial charge in [0.25, 0.3) is 5.56 Å². The molecule has 0 saturated carbocycles. The van der Waals surface area contributed by atoms with E-state index >= 15 is 0 Å². The molecule has 6 aromatic rings. The number of hydrogen-bond donors (Lipinski definition) is 0. The minimum absolute atomic E-state index is 0.277. The molecular weight excluding hydrogens is 514 g/mol. The van der Waals surface area contributed by atoms with Crippen LogP contribution in [-0.4, -0.2) is 23.0 Å². The topological polar surface area (TPSA) is 78.9 Å². The molecule has 4 aromatic carbocycles. The lowest BCUT2D eigenvalue weighted by Crippen LogP contribution is -2.20. The maximum atomic E-state index is 13.5. The maximum Gasteiger partial charge on any atom is 0.282 e. The van der Waals surface area contributed by atoms with Crippen molar-refractivity contribution >= 4 is 39.7 Å². The molecule has 2 aromatic heterocycles. The molecule has 0 fully saturated rings. The number of rotatable bonds is 7. The van der Waals surface area contributed by atoms with Gasteiger partial charge in [0.2, 0.25) is 5.82 Å². The summed E-state index contributed by atoms with van der Waals surface area (Å²) in [6.07, 6.45) is 1.59. The monoisotopic (exact) mass is 535 g/mol. The highest BCUT2D eigenvalue weighted by Gasteiger charge is 2.18. The van der Waals surface area contributed by atoms with Gasteiger partial charge in [-0.2, -0.15) is 9.78 Å². The Hall–Kier alpha value is -4.88. The third kappa shape index (κ3) is 4.87. The molecule has 8 heteroatoms. The summed E-state index contributed by atoms with van der Waals surface area (Å²) in [7, 11) is 1.60. The van der Waals surface area contributed by atoms with Crippen molar-refractivity contribution in [1.82, 2.24) is 9.66 Å². The van der Waals surface area contributed by atoms with Crippen molar-refractivity contribution < 1.29 is 13.9 Å². The van der Waals surface area contributed by atoms with Gasteiger partial charge in [-0.05, 0) is 54.1 Å². The summed E-state index contributed by atoms with van der Waals surface area (Å²) >= 11 is 6.25. The van der Waals surface area contributed by atoms with Crippen LogP contribution in [0.3, 0.4) is 0 Å². The molecule has 0 N–H and O–H groups in total. The van der Waals surface area contributed by atoms with Gasteiger partial charge < -0.3 is 13.9 Å². The van der Waals surface area contributed by atoms with Gasteiger partial charge in [0, 0.05) is 10.6 Å². The van der Waals surface area contributed by atoms with Gasteiger partial charge in [-0.25, -0.2) is 4.98 Å². The highest BCUT2D eigenvalue weighted by molar-refractivity contribution is 6.31. The van der Waals surface area contributed by atoms with Crippen molar-refractivity contribution in [3.63, 3.8) is 0 Å². The zero-order chi connectivity index (χ0) is 26.8. The Labute approximate surface area is 228 Å². The zero-order valence-electron chi connectivity index (χ0n) is 20.9. The number of fused-ring (bicyclic) bond motifs is 2. The molecule has 0 unspecified atom stereocenters. The van der Waals surface area contributed by atoms with E-state index in [4.69, 9.17) is 30.5 Å². The van der Waals surface area contributed by atoms with Gasteiger partial charge >= 0.3 is 0 Å². The molecule has 6 rings (SSSR count). The van der Waals surface area contributed by atoms with Crippen LogP contribution in [0.5, 0.6) is 11.5 Å². The minimum Gasteiger partial charge on any atom is -0.496 e. The van der Waals surface area contributed by atoms with Crippen LogP contribution in [0.2, 0.25) is 5.02 Å². The van der Waals surface area contributed by atoms with Gasteiger partial charge in [0.05, 0.1) is 29.6 Å². The molecule has 0 aliphatic rings. The number of benzene rings is 4. The van der Waals surface area contributed by atoms with E-state index < -0.39 is 0 Å². The second-order valence-electron chi connectivity index (χ2n) is 8.75. The summed E-state index contributed by atoms with van der Waals surface area (Å²) < 4.78 is 18.8. The predicted octanol–water partition coefficient (Wildman–Crippen LogP) is 6.93. The predicted molar refractivity (Wildman–Crippen MR) is 153 cm³/mol. The Morgan fingerprint density at radius 1 is 0.949 bits per heavy atom. The molecule has 7 nitrogen and oxygen atoms in total. The molecule has 0 saturated heterocycles. The average Bonchev–Trinajstić information content (AvgIpc) is 3.41. The Kier molecular flexibility index (Phi) is 6.57. The number of aromatic nitrogens is 2. The first kappa shape index (κ1) is 24.5. The van der Waals surface area contributed by atoms with Crippen LogP contribution in [0.25, 0.3) is 33.5 Å². The standard InChI is InChI=1S/C31H22ClN3O4/c1-37-27-14-7-15-28-24(27)17-29(39-28)30-34-26-13-5-3-11-23(26)31(36)35(30)33-18-20-8-6-10-22(16-20)38-19-21-9-2-4-12-25(21)32/h2-18H,19H2,1H3. The minimum atomic E-state index is -0.314. The molecule has 192 valence electrons. The first-order valence-corrected chi connectivity index (χ1v) is 12.6. The van der Waals surface area contributed by atoms with Crippen molar-refractivity contribution in [2.45, 2.75) is 6.61 Å². The molecule has 2 heterocycles. The van der Waals surface area contributed by atoms with E-state index in [0.717, 1.165) is 16.5 Å². The summed E-state index contributed by atoms with van der Waals surface area (Å²) in [4.78, 5) is 18.3. The third-order valence-electron chi connectivity index (χ3n) is 6.25. The summed E-state index contributed by atoms with van der Waals surface area (Å²) in [6.45, 7) is 0.327. The molecule has 0 amide bonds. The molecule has 39 heavy (non-hydrogen) atoms. The SMILES string of the molecule is COc1cccc2oc(-c3nc4ccccc4c(=O)n3N=Cc3cccc(OCc4ccccc4Cl)c3)cc12. The Morgan fingerprint density at radius 3 is 2.64 bits per heavy atom. The van der Waals surface area contributed by atoms with E-state index in [2.05, 4.69) is 5.10 Å². The fourth-order valence-electron chi connectivity index (χ4n) is 4.30. The van der Waals surface area contributed by atoms with Gasteiger partial charge in [-0.1, -0.05) is 60.1 Å². The lowest BCUT2D eigenvalue weighted by molar-refractivity contribution is 0.306. The number of hydrogen-bond acceptors (Lipinski definition) is 6. The highest BCUT2D eigenvalue weighted by atomic mass is 35.5. The number of furan rings is 1. The smallest absolute Gasteiger partial charge is 0.282 e. The maximum absolute atomic E-state index is 13.5. The fourth-order valence-corrected chi connectivity index (χ4v) is 4.49. The van der Waals surface area contributed by atoms with Gasteiger partial charge in [0.15, 0.2) is 5.76 Å². The van der Waals surface area contributed by atoms with E-state index in [1.807, 2.05) is 72.8 Å². The zero-order valence-corrected chi connectivity index (χ0v) is 21.6. The molecule has 0 atom stereocenters. The molecule has 0 aliphatic carbocycles. The molecule has 0 bridgehead atoms. The first-order chi connectivity index (χ1) is 19.1. The number of methoxy groups -OCH3 is 1. The van der Waals surface area contributed by atoms with Gasteiger partial charge in [0.1, 0.15) is 23.7 Å². The van der Waals surface area contributed by atoms with Gasteiger partial charge in [-0.15, -0.1) is 0 Å². The van der Waals surface area contributed by atoms with Crippen molar-refractivity contribution in [2.24, 2.45) is 5.10 Å². The van der Waals surface area contributed by atoms with Crippen LogP contribution in [0.15, 0.2) is 111 Å². The van der Waals surface area contributed by atoms with Crippen LogP contribution in [0, 0.1) is 0 Å². The summed E-state index contributed by atoms with van der Waals surface area (Å²) in [5.74, 6) is 1.98. The highest BCUT2D eigenvalue weighted by Crippen LogP contribution is 2.33. The number of halogens is 1. The third-order valence-corrected chi connectivity index (χ3v) is 6.62. The summed E-state index contributed by atoms with van der Waals surface area (Å²) in [6, 6.07) is 29.4. The number of ether oxygens (including phenoxy) is 2. The molecular formula is C31H22ClN3O4. The average molecular weight is 536 g/mol. The lowest BCUT2D eigenvalue weighted by Gasteiger charge is -2.09. The lowest BCUT2D eigenvalue weighted by atomic mass is 10.2. The second-order valence-corrected chi connectivity index (χ2v) is 9.16. The Balaban J connectivity index is 1.39. The fraction of sp³-hybridized carbons (Fsp3) is 0.0645.